The van der Waals surface area contributed by atoms with E-state index in [0.29, 0.717) is 33.6 Å². The van der Waals surface area contributed by atoms with Crippen molar-refractivity contribution in [3.05, 3.63) is 107 Å². The molecular weight excluding hydrogens is 568 g/mol. The number of carbonyl (C=O) groups is 2. The normalized spacial score (nSPS) is 12.0. The molecule has 1 aliphatic carbocycles. The molecule has 1 aliphatic rings. The Morgan fingerprint density at radius 3 is 1.26 bits per heavy atom. The van der Waals surface area contributed by atoms with Crippen molar-refractivity contribution < 1.29 is 9.59 Å². The van der Waals surface area contributed by atoms with Gasteiger partial charge in [-0.25, -0.2) is 0 Å². The molecule has 0 unspecified atom stereocenters. The Bertz CT molecular complexity index is 1510. The molecule has 6 heteroatoms. The summed E-state index contributed by atoms with van der Waals surface area (Å²) in [7, 11) is 4.24. The van der Waals surface area contributed by atoms with Crippen molar-refractivity contribution >= 4 is 45.7 Å². The van der Waals surface area contributed by atoms with Crippen molar-refractivity contribution in [2.24, 2.45) is 0 Å². The molecule has 0 spiro atoms. The second-order valence-corrected chi connectivity index (χ2v) is 12.4. The van der Waals surface area contributed by atoms with Crippen LogP contribution in [0.3, 0.4) is 0 Å². The van der Waals surface area contributed by atoms with Crippen LogP contribution in [0.1, 0.15) is 97.1 Å². The molecular formula is C40H48N4O2. The second-order valence-electron chi connectivity index (χ2n) is 12.4. The van der Waals surface area contributed by atoms with Crippen LogP contribution in [0.4, 0.5) is 34.1 Å². The zero-order chi connectivity index (χ0) is 32.5. The van der Waals surface area contributed by atoms with Crippen molar-refractivity contribution in [2.75, 3.05) is 47.6 Å². The van der Waals surface area contributed by atoms with Crippen LogP contribution in [-0.2, 0) is 0 Å². The van der Waals surface area contributed by atoms with Gasteiger partial charge in [0.25, 0.3) is 0 Å². The van der Waals surface area contributed by atoms with Crippen molar-refractivity contribution in [1.82, 2.24) is 0 Å². The summed E-state index contributed by atoms with van der Waals surface area (Å²) in [5.41, 5.74) is 6.98. The molecule has 0 atom stereocenters. The molecule has 240 valence electrons. The van der Waals surface area contributed by atoms with Crippen molar-refractivity contribution in [3.8, 4) is 0 Å². The summed E-state index contributed by atoms with van der Waals surface area (Å²) in [6, 6.07) is 27.4. The van der Waals surface area contributed by atoms with E-state index in [1.165, 1.54) is 51.4 Å². The summed E-state index contributed by atoms with van der Waals surface area (Å²) in [4.78, 5) is 32.5. The zero-order valence-corrected chi connectivity index (χ0v) is 27.9. The van der Waals surface area contributed by atoms with E-state index in [4.69, 9.17) is 0 Å². The highest BCUT2D eigenvalue weighted by Crippen LogP contribution is 2.37. The first-order chi connectivity index (χ1) is 22.4. The van der Waals surface area contributed by atoms with Crippen LogP contribution in [-0.4, -0.2) is 38.8 Å². The van der Waals surface area contributed by atoms with E-state index in [2.05, 4.69) is 72.6 Å². The number of ketones is 2. The highest BCUT2D eigenvalue weighted by molar-refractivity contribution is 6.32. The van der Waals surface area contributed by atoms with Crippen molar-refractivity contribution in [3.63, 3.8) is 0 Å². The lowest BCUT2D eigenvalue weighted by atomic mass is 9.82. The maximum atomic E-state index is 14.0. The number of hydrogen-bond donors (Lipinski definition) is 2. The minimum atomic E-state index is -0.153. The van der Waals surface area contributed by atoms with Gasteiger partial charge in [-0.3, -0.25) is 9.59 Å². The fourth-order valence-electron chi connectivity index (χ4n) is 6.17. The number of unbranched alkanes of at least 4 members (excludes halogenated alkanes) is 6. The predicted octanol–water partition coefficient (Wildman–Crippen LogP) is 9.98. The van der Waals surface area contributed by atoms with Gasteiger partial charge in [0.05, 0.1) is 22.5 Å². The lowest BCUT2D eigenvalue weighted by Crippen LogP contribution is -2.23. The lowest BCUT2D eigenvalue weighted by Gasteiger charge is -2.24. The molecule has 4 aromatic rings. The Balaban J connectivity index is 1.31. The number of carbonyl (C=O) groups excluding carboxylic acids is 2. The summed E-state index contributed by atoms with van der Waals surface area (Å²) >= 11 is 0. The van der Waals surface area contributed by atoms with Gasteiger partial charge < -0.3 is 20.4 Å². The second kappa shape index (κ2) is 15.6. The van der Waals surface area contributed by atoms with E-state index in [1.807, 2.05) is 48.5 Å². The average molecular weight is 617 g/mol. The first-order valence-corrected chi connectivity index (χ1v) is 16.9. The third kappa shape index (κ3) is 7.61. The molecule has 0 heterocycles. The number of hydrogen-bond acceptors (Lipinski definition) is 6. The first kappa shape index (κ1) is 32.8. The molecule has 5 rings (SSSR count). The monoisotopic (exact) mass is 616 g/mol. The minimum absolute atomic E-state index is 0.153. The number of nitrogens with zero attached hydrogens (tertiary/aromatic N) is 2. The van der Waals surface area contributed by atoms with Crippen molar-refractivity contribution in [1.29, 1.82) is 0 Å². The van der Waals surface area contributed by atoms with Gasteiger partial charge in [0.2, 0.25) is 0 Å². The maximum absolute atomic E-state index is 14.0. The molecule has 0 saturated heterocycles. The molecule has 46 heavy (non-hydrogen) atoms. The predicted molar refractivity (Wildman–Crippen MR) is 194 cm³/mol. The number of benzene rings is 4. The number of nitrogens with one attached hydrogen (secondary N) is 2. The van der Waals surface area contributed by atoms with Crippen LogP contribution < -0.4 is 20.4 Å². The standard InChI is InChI=1S/C40H48N4O2/c1-5-7-9-11-27-43(3)31-23-19-29(20-24-31)41-35-17-13-15-33-37(35)39(45)34-16-14-18-36(38(34)40(33)46)42-30-21-25-32(26-22-30)44(4)28-12-10-8-6-2/h13-26,41-42H,5-12,27-28H2,1-4H3. The first-order valence-electron chi connectivity index (χ1n) is 16.9. The van der Waals surface area contributed by atoms with Gasteiger partial charge in [-0.1, -0.05) is 76.6 Å². The minimum Gasteiger partial charge on any atom is -0.375 e. The highest BCUT2D eigenvalue weighted by Gasteiger charge is 2.33. The fraction of sp³-hybridized carbons (Fsp3) is 0.350. The number of rotatable bonds is 16. The van der Waals surface area contributed by atoms with Crippen molar-refractivity contribution in [2.45, 2.75) is 65.2 Å². The summed E-state index contributed by atoms with van der Waals surface area (Å²) in [5, 5.41) is 6.83. The SMILES string of the molecule is CCCCCCN(C)c1ccc(Nc2cccc3c2C(=O)c2cccc(Nc4ccc(N(C)CCCCCC)cc4)c2C3=O)cc1. The molecule has 0 radical (unpaired) electrons. The Morgan fingerprint density at radius 2 is 0.891 bits per heavy atom. The smallest absolute Gasteiger partial charge is 0.196 e. The van der Waals surface area contributed by atoms with Crippen LogP contribution in [0.15, 0.2) is 84.9 Å². The van der Waals surface area contributed by atoms with Crippen LogP contribution in [0.2, 0.25) is 0 Å². The molecule has 4 aromatic carbocycles. The third-order valence-electron chi connectivity index (χ3n) is 8.94. The largest absolute Gasteiger partial charge is 0.375 e. The Hall–Kier alpha value is -4.58. The summed E-state index contributed by atoms with van der Waals surface area (Å²) in [6.07, 6.45) is 9.86. The topological polar surface area (TPSA) is 64.7 Å². The van der Waals surface area contributed by atoms with E-state index in [1.54, 1.807) is 12.1 Å². The van der Waals surface area contributed by atoms with Gasteiger partial charge in [-0.05, 0) is 73.5 Å². The Labute approximate surface area is 274 Å². The third-order valence-corrected chi connectivity index (χ3v) is 8.94. The maximum Gasteiger partial charge on any atom is 0.196 e. The van der Waals surface area contributed by atoms with E-state index < -0.39 is 0 Å². The number of anilines is 6. The van der Waals surface area contributed by atoms with Gasteiger partial charge in [-0.15, -0.1) is 0 Å². The highest BCUT2D eigenvalue weighted by atomic mass is 16.1. The van der Waals surface area contributed by atoms with E-state index in [9.17, 15) is 9.59 Å². The van der Waals surface area contributed by atoms with Gasteiger partial charge in [-0.2, -0.15) is 0 Å². The van der Waals surface area contributed by atoms with Crippen LogP contribution in [0.25, 0.3) is 0 Å². The summed E-state index contributed by atoms with van der Waals surface area (Å²) in [6.45, 7) is 6.50. The lowest BCUT2D eigenvalue weighted by molar-refractivity contribution is 0.0980. The van der Waals surface area contributed by atoms with E-state index >= 15 is 0 Å². The van der Waals surface area contributed by atoms with Gasteiger partial charge in [0, 0.05) is 61.1 Å². The van der Waals surface area contributed by atoms with E-state index in [-0.39, 0.29) is 11.6 Å². The van der Waals surface area contributed by atoms with E-state index in [0.717, 1.165) is 35.8 Å². The van der Waals surface area contributed by atoms with Gasteiger partial charge in [0.15, 0.2) is 11.6 Å². The molecule has 0 amide bonds. The van der Waals surface area contributed by atoms with Crippen LogP contribution in [0, 0.1) is 0 Å². The fourth-order valence-corrected chi connectivity index (χ4v) is 6.17. The Kier molecular flexibility index (Phi) is 11.1. The molecule has 0 bridgehead atoms. The molecule has 2 N–H and O–H groups in total. The average Bonchev–Trinajstić information content (AvgIpc) is 3.08. The van der Waals surface area contributed by atoms with Gasteiger partial charge in [0.1, 0.15) is 0 Å². The zero-order valence-electron chi connectivity index (χ0n) is 27.9. The Morgan fingerprint density at radius 1 is 0.500 bits per heavy atom. The molecule has 0 aliphatic heterocycles. The summed E-state index contributed by atoms with van der Waals surface area (Å²) in [5.74, 6) is -0.306. The molecule has 0 saturated carbocycles. The van der Waals surface area contributed by atoms with Crippen LogP contribution in [0.5, 0.6) is 0 Å². The molecule has 0 aromatic heterocycles. The quantitative estimate of drug-likeness (QED) is 0.108. The van der Waals surface area contributed by atoms with Gasteiger partial charge >= 0.3 is 0 Å². The number of fused-ring (bicyclic) bond motifs is 2. The molecule has 0 fully saturated rings. The molecule has 6 nitrogen and oxygen atoms in total. The summed E-state index contributed by atoms with van der Waals surface area (Å²) < 4.78 is 0. The van der Waals surface area contributed by atoms with Crippen LogP contribution >= 0.6 is 0 Å².